The molecule has 0 saturated carbocycles. The Morgan fingerprint density at radius 1 is 1.36 bits per heavy atom. The van der Waals surface area contributed by atoms with Crippen LogP contribution in [0.15, 0.2) is 6.20 Å². The molecule has 3 nitrogen and oxygen atoms in total. The van der Waals surface area contributed by atoms with Crippen LogP contribution in [0.1, 0.15) is 31.3 Å². The fraction of sp³-hybridized carbons (Fsp3) is 0.500. The number of aromatic nitrogens is 2. The molecule has 78 valence electrons. The lowest BCUT2D eigenvalue weighted by Crippen LogP contribution is -2.11. The van der Waals surface area contributed by atoms with Crippen LogP contribution in [-0.4, -0.2) is 9.97 Å². The molecule has 1 aromatic heterocycles. The van der Waals surface area contributed by atoms with Crippen LogP contribution in [0.3, 0.4) is 0 Å². The molecule has 0 spiro atoms. The van der Waals surface area contributed by atoms with Gasteiger partial charge in [-0.05, 0) is 5.92 Å². The molecule has 14 heavy (non-hydrogen) atoms. The second-order valence-electron chi connectivity index (χ2n) is 3.19. The first-order valence-corrected chi connectivity index (χ1v) is 5.15. The molecule has 0 amide bonds. The lowest BCUT2D eigenvalue weighted by molar-refractivity contribution is 0.795. The van der Waals surface area contributed by atoms with Gasteiger partial charge in [0.1, 0.15) is 0 Å². The maximum atomic E-state index is 5.68. The summed E-state index contributed by atoms with van der Waals surface area (Å²) in [6.07, 6.45) is 1.46. The highest BCUT2D eigenvalue weighted by Crippen LogP contribution is 2.36. The zero-order chi connectivity index (χ0) is 10.9. The van der Waals surface area contributed by atoms with Crippen LogP contribution in [0, 0.1) is 0 Å². The molecule has 0 bridgehead atoms. The molecule has 1 heterocycles. The summed E-state index contributed by atoms with van der Waals surface area (Å²) in [7, 11) is 0. The van der Waals surface area contributed by atoms with Crippen LogP contribution in [0.5, 0.6) is 0 Å². The van der Waals surface area contributed by atoms with E-state index in [0.717, 1.165) is 0 Å². The van der Waals surface area contributed by atoms with Crippen molar-refractivity contribution < 1.29 is 0 Å². The van der Waals surface area contributed by atoms with Crippen LogP contribution in [-0.2, 0) is 3.79 Å². The third kappa shape index (κ3) is 2.62. The SMILES string of the molecule is CC(C)c1nc(C(Cl)(Cl)Cl)ncc1N. The van der Waals surface area contributed by atoms with E-state index in [0.29, 0.717) is 11.4 Å². The van der Waals surface area contributed by atoms with Gasteiger partial charge in [-0.15, -0.1) is 0 Å². The lowest BCUT2D eigenvalue weighted by Gasteiger charge is -2.13. The van der Waals surface area contributed by atoms with E-state index in [2.05, 4.69) is 9.97 Å². The number of halogens is 3. The van der Waals surface area contributed by atoms with Gasteiger partial charge in [-0.2, -0.15) is 0 Å². The largest absolute Gasteiger partial charge is 0.396 e. The molecule has 0 fully saturated rings. The first-order chi connectivity index (χ1) is 6.32. The Kier molecular flexibility index (Phi) is 3.45. The van der Waals surface area contributed by atoms with Gasteiger partial charge in [-0.1, -0.05) is 48.7 Å². The topological polar surface area (TPSA) is 51.8 Å². The van der Waals surface area contributed by atoms with Crippen LogP contribution in [0.25, 0.3) is 0 Å². The van der Waals surface area contributed by atoms with Crippen LogP contribution in [0.4, 0.5) is 5.69 Å². The molecule has 0 aliphatic heterocycles. The maximum Gasteiger partial charge on any atom is 0.250 e. The summed E-state index contributed by atoms with van der Waals surface area (Å²) in [5, 5.41) is 0. The first kappa shape index (κ1) is 11.8. The van der Waals surface area contributed by atoms with Crippen molar-refractivity contribution in [3.63, 3.8) is 0 Å². The van der Waals surface area contributed by atoms with Crippen molar-refractivity contribution in [3.05, 3.63) is 17.7 Å². The van der Waals surface area contributed by atoms with Gasteiger partial charge in [-0.25, -0.2) is 9.97 Å². The number of rotatable bonds is 1. The Morgan fingerprint density at radius 2 is 1.93 bits per heavy atom. The Balaban J connectivity index is 3.20. The quantitative estimate of drug-likeness (QED) is 0.784. The van der Waals surface area contributed by atoms with Crippen LogP contribution in [0.2, 0.25) is 0 Å². The van der Waals surface area contributed by atoms with Gasteiger partial charge >= 0.3 is 0 Å². The first-order valence-electron chi connectivity index (χ1n) is 4.02. The summed E-state index contributed by atoms with van der Waals surface area (Å²) >= 11 is 17.0. The predicted molar refractivity (Wildman–Crippen MR) is 59.8 cm³/mol. The Morgan fingerprint density at radius 3 is 2.36 bits per heavy atom. The number of anilines is 1. The molecule has 0 aromatic carbocycles. The summed E-state index contributed by atoms with van der Waals surface area (Å²) in [5.41, 5.74) is 6.89. The van der Waals surface area contributed by atoms with Crippen LogP contribution >= 0.6 is 34.8 Å². The highest BCUT2D eigenvalue weighted by atomic mass is 35.6. The van der Waals surface area contributed by atoms with E-state index in [1.807, 2.05) is 13.8 Å². The van der Waals surface area contributed by atoms with Gasteiger partial charge in [0.2, 0.25) is 3.79 Å². The molecular formula is C8H10Cl3N3. The predicted octanol–water partition coefficient (Wildman–Crippen LogP) is 3.01. The number of alkyl halides is 3. The second-order valence-corrected chi connectivity index (χ2v) is 5.47. The molecule has 0 saturated heterocycles. The molecule has 0 aliphatic rings. The van der Waals surface area contributed by atoms with Gasteiger partial charge in [0.25, 0.3) is 0 Å². The summed E-state index contributed by atoms with van der Waals surface area (Å²) < 4.78 is -1.60. The Labute approximate surface area is 97.6 Å². The fourth-order valence-corrected chi connectivity index (χ4v) is 1.28. The van der Waals surface area contributed by atoms with Gasteiger partial charge in [0.15, 0.2) is 5.82 Å². The Bertz CT molecular complexity index is 333. The molecule has 0 unspecified atom stereocenters. The van der Waals surface area contributed by atoms with Gasteiger partial charge in [0, 0.05) is 0 Å². The average Bonchev–Trinajstić information content (AvgIpc) is 2.02. The van der Waals surface area contributed by atoms with Crippen molar-refractivity contribution in [3.8, 4) is 0 Å². The molecule has 0 aliphatic carbocycles. The van der Waals surface area contributed by atoms with Crippen molar-refractivity contribution in [1.29, 1.82) is 0 Å². The third-order valence-corrected chi connectivity index (χ3v) is 2.16. The second kappa shape index (κ2) is 4.09. The number of hydrogen-bond donors (Lipinski definition) is 1. The highest BCUT2D eigenvalue weighted by Gasteiger charge is 2.27. The molecule has 1 rings (SSSR count). The average molecular weight is 255 g/mol. The zero-order valence-corrected chi connectivity index (χ0v) is 10.0. The van der Waals surface area contributed by atoms with Crippen molar-refractivity contribution in [2.75, 3.05) is 5.73 Å². The molecule has 6 heteroatoms. The van der Waals surface area contributed by atoms with Crippen LogP contribution < -0.4 is 5.73 Å². The van der Waals surface area contributed by atoms with Crippen molar-refractivity contribution in [2.24, 2.45) is 0 Å². The van der Waals surface area contributed by atoms with Crippen molar-refractivity contribution >= 4 is 40.5 Å². The van der Waals surface area contributed by atoms with E-state index in [4.69, 9.17) is 40.5 Å². The van der Waals surface area contributed by atoms with E-state index in [1.54, 1.807) is 0 Å². The minimum Gasteiger partial charge on any atom is -0.396 e. The minimum absolute atomic E-state index is 0.153. The summed E-state index contributed by atoms with van der Waals surface area (Å²) in [6, 6.07) is 0. The summed E-state index contributed by atoms with van der Waals surface area (Å²) in [4.78, 5) is 7.97. The van der Waals surface area contributed by atoms with Crippen molar-refractivity contribution in [2.45, 2.75) is 23.6 Å². The fourth-order valence-electron chi connectivity index (χ4n) is 1.00. The monoisotopic (exact) mass is 253 g/mol. The number of nitrogens with two attached hydrogens (primary N) is 1. The number of hydrogen-bond acceptors (Lipinski definition) is 3. The van der Waals surface area contributed by atoms with Crippen molar-refractivity contribution in [1.82, 2.24) is 9.97 Å². The molecule has 1 aromatic rings. The molecular weight excluding hydrogens is 244 g/mol. The molecule has 0 radical (unpaired) electrons. The minimum atomic E-state index is -1.60. The van der Waals surface area contributed by atoms with E-state index < -0.39 is 3.79 Å². The number of nitrogens with zero attached hydrogens (tertiary/aromatic N) is 2. The lowest BCUT2D eigenvalue weighted by atomic mass is 10.1. The summed E-state index contributed by atoms with van der Waals surface area (Å²) in [5.74, 6) is 0.324. The molecule has 0 atom stereocenters. The standard InChI is InChI=1S/C8H10Cl3N3/c1-4(2)6-5(12)3-13-7(14-6)8(9,10)11/h3-4H,12H2,1-2H3. The van der Waals surface area contributed by atoms with E-state index in [-0.39, 0.29) is 11.7 Å². The van der Waals surface area contributed by atoms with E-state index in [9.17, 15) is 0 Å². The maximum absolute atomic E-state index is 5.68. The van der Waals surface area contributed by atoms with E-state index >= 15 is 0 Å². The number of nitrogen functional groups attached to an aromatic ring is 1. The van der Waals surface area contributed by atoms with E-state index in [1.165, 1.54) is 6.20 Å². The smallest absolute Gasteiger partial charge is 0.250 e. The molecule has 2 N–H and O–H groups in total. The van der Waals surface area contributed by atoms with Gasteiger partial charge < -0.3 is 5.73 Å². The highest BCUT2D eigenvalue weighted by molar-refractivity contribution is 6.66. The zero-order valence-electron chi connectivity index (χ0n) is 7.76. The van der Waals surface area contributed by atoms with Gasteiger partial charge in [-0.3, -0.25) is 0 Å². The Hall–Kier alpha value is -0.250. The normalized spacial score (nSPS) is 12.1. The van der Waals surface area contributed by atoms with Gasteiger partial charge in [0.05, 0.1) is 17.6 Å². The summed E-state index contributed by atoms with van der Waals surface area (Å²) in [6.45, 7) is 3.92. The third-order valence-electron chi connectivity index (χ3n) is 1.65.